The summed E-state index contributed by atoms with van der Waals surface area (Å²) in [5, 5.41) is 5.00. The van der Waals surface area contributed by atoms with Gasteiger partial charge in [0.2, 0.25) is 5.91 Å². The van der Waals surface area contributed by atoms with Gasteiger partial charge in [0.25, 0.3) is 5.91 Å². The number of alkyl halides is 2. The van der Waals surface area contributed by atoms with Gasteiger partial charge in [-0.1, -0.05) is 12.1 Å². The minimum atomic E-state index is -3.04. The number of para-hydroxylation sites is 1. The van der Waals surface area contributed by atoms with Gasteiger partial charge in [-0.3, -0.25) is 9.59 Å². The lowest BCUT2D eigenvalue weighted by atomic mass is 10.2. The van der Waals surface area contributed by atoms with Crippen LogP contribution in [0.3, 0.4) is 0 Å². The molecule has 0 aliphatic rings. The summed E-state index contributed by atoms with van der Waals surface area (Å²) >= 11 is 0. The van der Waals surface area contributed by atoms with E-state index >= 15 is 0 Å². The van der Waals surface area contributed by atoms with Crippen LogP contribution in [0.5, 0.6) is 17.2 Å². The predicted octanol–water partition coefficient (Wildman–Crippen LogP) is 2.75. The first-order valence-electron chi connectivity index (χ1n) is 8.88. The Hall–Kier alpha value is -3.43. The summed E-state index contributed by atoms with van der Waals surface area (Å²) in [5.74, 6) is -1.81. The fourth-order valence-corrected chi connectivity index (χ4v) is 2.41. The van der Waals surface area contributed by atoms with Crippen LogP contribution >= 0.6 is 0 Å². The Balaban J connectivity index is 1.82. The molecule has 1 atom stereocenters. The zero-order valence-corrected chi connectivity index (χ0v) is 16.3. The number of halogens is 3. The maximum absolute atomic E-state index is 13.5. The topological polar surface area (TPSA) is 85.9 Å². The van der Waals surface area contributed by atoms with Gasteiger partial charge in [0.05, 0.1) is 19.7 Å². The van der Waals surface area contributed by atoms with Crippen LogP contribution in [0, 0.1) is 5.82 Å². The molecule has 0 fully saturated rings. The van der Waals surface area contributed by atoms with Gasteiger partial charge in [-0.2, -0.15) is 8.78 Å². The van der Waals surface area contributed by atoms with Crippen LogP contribution in [-0.4, -0.2) is 44.7 Å². The highest BCUT2D eigenvalue weighted by atomic mass is 19.3. The number of carbonyl (C=O) groups excluding carboxylic acids is 2. The lowest BCUT2D eigenvalue weighted by molar-refractivity contribution is -0.120. The molecule has 2 N–H and O–H groups in total. The van der Waals surface area contributed by atoms with Crippen molar-refractivity contribution in [1.29, 1.82) is 0 Å². The third kappa shape index (κ3) is 6.87. The number of carbonyl (C=O) groups is 2. The van der Waals surface area contributed by atoms with E-state index in [1.54, 1.807) is 13.0 Å². The molecule has 1 unspecified atom stereocenters. The first-order chi connectivity index (χ1) is 14.3. The molecule has 2 amide bonds. The number of rotatable bonds is 10. The lowest BCUT2D eigenvalue weighted by Gasteiger charge is -2.16. The van der Waals surface area contributed by atoms with E-state index < -0.39 is 30.3 Å². The second-order valence-electron chi connectivity index (χ2n) is 6.14. The summed E-state index contributed by atoms with van der Waals surface area (Å²) in [5.41, 5.74) is 0.0946. The van der Waals surface area contributed by atoms with E-state index in [1.165, 1.54) is 43.5 Å². The van der Waals surface area contributed by atoms with Crippen molar-refractivity contribution in [2.45, 2.75) is 19.6 Å². The molecule has 2 aromatic rings. The second-order valence-corrected chi connectivity index (χ2v) is 6.14. The highest BCUT2D eigenvalue weighted by molar-refractivity contribution is 5.97. The minimum absolute atomic E-state index is 0.0312. The molecule has 10 heteroatoms. The first-order valence-corrected chi connectivity index (χ1v) is 8.88. The van der Waals surface area contributed by atoms with Gasteiger partial charge in [-0.15, -0.1) is 0 Å². The maximum Gasteiger partial charge on any atom is 0.387 e. The largest absolute Gasteiger partial charge is 0.493 e. The number of benzene rings is 2. The van der Waals surface area contributed by atoms with Crippen molar-refractivity contribution < 1.29 is 37.0 Å². The SMILES string of the molecule is COc1cc(C(=O)NCC(=O)NC(C)COc2ccccc2F)ccc1OC(F)F. The standard InChI is InChI=1S/C20H21F3N2O5/c1-12(11-29-15-6-4-3-5-14(15)21)25-18(26)10-24-19(27)13-7-8-16(30-20(22)23)17(9-13)28-2/h3-9,12,20H,10-11H2,1-2H3,(H,24,27)(H,25,26). The van der Waals surface area contributed by atoms with Crippen LogP contribution in [0.4, 0.5) is 13.2 Å². The number of methoxy groups -OCH3 is 1. The average Bonchev–Trinajstić information content (AvgIpc) is 2.71. The summed E-state index contributed by atoms with van der Waals surface area (Å²) in [6.45, 7) is -1.68. The Labute approximate surface area is 171 Å². The molecular weight excluding hydrogens is 405 g/mol. The Morgan fingerprint density at radius 1 is 1.07 bits per heavy atom. The smallest absolute Gasteiger partial charge is 0.387 e. The molecule has 0 aliphatic carbocycles. The van der Waals surface area contributed by atoms with Gasteiger partial charge in [0, 0.05) is 5.56 Å². The molecule has 2 aromatic carbocycles. The number of ether oxygens (including phenoxy) is 3. The molecule has 0 saturated heterocycles. The van der Waals surface area contributed by atoms with Gasteiger partial charge >= 0.3 is 6.61 Å². The molecule has 162 valence electrons. The maximum atomic E-state index is 13.5. The monoisotopic (exact) mass is 426 g/mol. The van der Waals surface area contributed by atoms with Crippen LogP contribution in [0.25, 0.3) is 0 Å². The molecule has 0 bridgehead atoms. The van der Waals surface area contributed by atoms with Gasteiger partial charge < -0.3 is 24.8 Å². The minimum Gasteiger partial charge on any atom is -0.493 e. The molecule has 0 aromatic heterocycles. The number of hydrogen-bond donors (Lipinski definition) is 2. The fourth-order valence-electron chi connectivity index (χ4n) is 2.41. The molecule has 0 radical (unpaired) electrons. The van der Waals surface area contributed by atoms with Crippen LogP contribution in [0.2, 0.25) is 0 Å². The molecular formula is C20H21F3N2O5. The van der Waals surface area contributed by atoms with Crippen molar-refractivity contribution in [3.63, 3.8) is 0 Å². The van der Waals surface area contributed by atoms with Crippen molar-refractivity contribution in [3.05, 3.63) is 53.8 Å². The van der Waals surface area contributed by atoms with E-state index in [1.807, 2.05) is 0 Å². The third-order valence-electron chi connectivity index (χ3n) is 3.78. The summed E-state index contributed by atoms with van der Waals surface area (Å²) in [6.07, 6.45) is 0. The Bertz CT molecular complexity index is 879. The molecule has 0 aliphatic heterocycles. The van der Waals surface area contributed by atoms with Crippen molar-refractivity contribution in [2.24, 2.45) is 0 Å². The first kappa shape index (κ1) is 22.9. The van der Waals surface area contributed by atoms with E-state index in [0.29, 0.717) is 0 Å². The van der Waals surface area contributed by atoms with E-state index in [2.05, 4.69) is 15.4 Å². The quantitative estimate of drug-likeness (QED) is 0.610. The molecule has 30 heavy (non-hydrogen) atoms. The fraction of sp³-hybridized carbons (Fsp3) is 0.300. The van der Waals surface area contributed by atoms with Crippen molar-refractivity contribution in [1.82, 2.24) is 10.6 Å². The predicted molar refractivity (Wildman–Crippen MR) is 101 cm³/mol. The van der Waals surface area contributed by atoms with E-state index in [9.17, 15) is 22.8 Å². The summed E-state index contributed by atoms with van der Waals surface area (Å²) < 4.78 is 52.7. The van der Waals surface area contributed by atoms with Gasteiger partial charge in [0.1, 0.15) is 6.61 Å². The molecule has 7 nitrogen and oxygen atoms in total. The second kappa shape index (κ2) is 10.9. The highest BCUT2D eigenvalue weighted by Gasteiger charge is 2.15. The molecule has 2 rings (SSSR count). The number of hydrogen-bond acceptors (Lipinski definition) is 5. The Kier molecular flexibility index (Phi) is 8.33. The van der Waals surface area contributed by atoms with Crippen molar-refractivity contribution in [2.75, 3.05) is 20.3 Å². The van der Waals surface area contributed by atoms with E-state index in [0.717, 1.165) is 0 Å². The summed E-state index contributed by atoms with van der Waals surface area (Å²) in [4.78, 5) is 24.2. The van der Waals surface area contributed by atoms with Crippen LogP contribution < -0.4 is 24.8 Å². The Morgan fingerprint density at radius 3 is 2.47 bits per heavy atom. The summed E-state index contributed by atoms with van der Waals surface area (Å²) in [6, 6.07) is 9.09. The van der Waals surface area contributed by atoms with E-state index in [4.69, 9.17) is 9.47 Å². The number of amides is 2. The lowest BCUT2D eigenvalue weighted by Crippen LogP contribution is -2.43. The normalized spacial score (nSPS) is 11.5. The van der Waals surface area contributed by atoms with Crippen LogP contribution in [-0.2, 0) is 4.79 Å². The molecule has 0 spiro atoms. The average molecular weight is 426 g/mol. The van der Waals surface area contributed by atoms with Crippen molar-refractivity contribution >= 4 is 11.8 Å². The highest BCUT2D eigenvalue weighted by Crippen LogP contribution is 2.29. The molecule has 0 saturated carbocycles. The van der Waals surface area contributed by atoms with Crippen molar-refractivity contribution in [3.8, 4) is 17.2 Å². The van der Waals surface area contributed by atoms with Gasteiger partial charge in [-0.05, 0) is 37.3 Å². The number of nitrogens with one attached hydrogen (secondary N) is 2. The molecule has 0 heterocycles. The summed E-state index contributed by atoms with van der Waals surface area (Å²) in [7, 11) is 1.24. The van der Waals surface area contributed by atoms with Gasteiger partial charge in [0.15, 0.2) is 23.1 Å². The Morgan fingerprint density at radius 2 is 1.80 bits per heavy atom. The van der Waals surface area contributed by atoms with Crippen LogP contribution in [0.1, 0.15) is 17.3 Å². The zero-order chi connectivity index (χ0) is 22.1. The van der Waals surface area contributed by atoms with E-state index in [-0.39, 0.29) is 36.0 Å². The third-order valence-corrected chi connectivity index (χ3v) is 3.78. The van der Waals surface area contributed by atoms with Gasteiger partial charge in [-0.25, -0.2) is 4.39 Å². The zero-order valence-electron chi connectivity index (χ0n) is 16.3. The van der Waals surface area contributed by atoms with Crippen LogP contribution in [0.15, 0.2) is 42.5 Å².